The van der Waals surface area contributed by atoms with E-state index in [2.05, 4.69) is 18.9 Å². The van der Waals surface area contributed by atoms with Crippen molar-refractivity contribution in [2.75, 3.05) is 33.4 Å². The molecule has 0 aliphatic carbocycles. The molecule has 1 saturated heterocycles. The second kappa shape index (κ2) is 8.04. The molecule has 0 spiro atoms. The van der Waals surface area contributed by atoms with Gasteiger partial charge in [0, 0.05) is 19.2 Å². The maximum absolute atomic E-state index is 5.90. The summed E-state index contributed by atoms with van der Waals surface area (Å²) >= 11 is 0. The van der Waals surface area contributed by atoms with Crippen LogP contribution in [0.5, 0.6) is 0 Å². The summed E-state index contributed by atoms with van der Waals surface area (Å²) in [6.07, 6.45) is 6.04. The molecule has 2 unspecified atom stereocenters. The highest BCUT2D eigenvalue weighted by Gasteiger charge is 2.15. The molecule has 0 amide bonds. The molecule has 2 N–H and O–H groups in total. The first-order valence-corrected chi connectivity index (χ1v) is 6.74. The Morgan fingerprint density at radius 1 is 1.50 bits per heavy atom. The molecule has 1 fully saturated rings. The summed E-state index contributed by atoms with van der Waals surface area (Å²) in [5.74, 6) is 0.749. The van der Waals surface area contributed by atoms with E-state index in [0.717, 1.165) is 32.0 Å². The molecule has 96 valence electrons. The van der Waals surface area contributed by atoms with Gasteiger partial charge in [-0.05, 0) is 51.6 Å². The van der Waals surface area contributed by atoms with Gasteiger partial charge in [0.1, 0.15) is 0 Å². The van der Waals surface area contributed by atoms with Crippen LogP contribution in [-0.4, -0.2) is 44.3 Å². The van der Waals surface area contributed by atoms with Gasteiger partial charge in [-0.3, -0.25) is 0 Å². The van der Waals surface area contributed by atoms with E-state index >= 15 is 0 Å². The average Bonchev–Trinajstić information content (AvgIpc) is 2.30. The zero-order valence-electron chi connectivity index (χ0n) is 11.0. The van der Waals surface area contributed by atoms with E-state index in [4.69, 9.17) is 10.5 Å². The summed E-state index contributed by atoms with van der Waals surface area (Å²) in [6, 6.07) is 0.395. The minimum absolute atomic E-state index is 0.395. The van der Waals surface area contributed by atoms with Gasteiger partial charge in [0.15, 0.2) is 0 Å². The van der Waals surface area contributed by atoms with Gasteiger partial charge >= 0.3 is 0 Å². The highest BCUT2D eigenvalue weighted by atomic mass is 16.5. The number of nitrogens with zero attached hydrogens (tertiary/aromatic N) is 1. The summed E-state index contributed by atoms with van der Waals surface area (Å²) in [5, 5.41) is 0. The van der Waals surface area contributed by atoms with Crippen molar-refractivity contribution in [1.29, 1.82) is 0 Å². The van der Waals surface area contributed by atoms with Gasteiger partial charge in [-0.15, -0.1) is 0 Å². The average molecular weight is 228 g/mol. The highest BCUT2D eigenvalue weighted by Crippen LogP contribution is 2.14. The quantitative estimate of drug-likeness (QED) is 0.723. The Morgan fingerprint density at radius 2 is 2.31 bits per heavy atom. The van der Waals surface area contributed by atoms with E-state index in [0.29, 0.717) is 6.04 Å². The van der Waals surface area contributed by atoms with Crippen molar-refractivity contribution in [3.8, 4) is 0 Å². The van der Waals surface area contributed by atoms with Crippen molar-refractivity contribution < 1.29 is 4.74 Å². The SMILES string of the molecule is CCC(N)CCCN(C)CC1CCCOC1. The molecular formula is C13H28N2O. The Hall–Kier alpha value is -0.120. The zero-order valence-corrected chi connectivity index (χ0v) is 11.0. The molecule has 1 rings (SSSR count). The fourth-order valence-electron chi connectivity index (χ4n) is 2.31. The van der Waals surface area contributed by atoms with Crippen molar-refractivity contribution in [1.82, 2.24) is 4.90 Å². The van der Waals surface area contributed by atoms with E-state index in [1.54, 1.807) is 0 Å². The Bertz CT molecular complexity index is 169. The summed E-state index contributed by atoms with van der Waals surface area (Å²) in [7, 11) is 2.21. The third-order valence-corrected chi connectivity index (χ3v) is 3.46. The van der Waals surface area contributed by atoms with Gasteiger partial charge in [0.2, 0.25) is 0 Å². The summed E-state index contributed by atoms with van der Waals surface area (Å²) in [4.78, 5) is 2.43. The fraction of sp³-hybridized carbons (Fsp3) is 1.00. The van der Waals surface area contributed by atoms with Crippen LogP contribution in [0.2, 0.25) is 0 Å². The van der Waals surface area contributed by atoms with Crippen LogP contribution in [0.1, 0.15) is 39.0 Å². The predicted octanol–water partition coefficient (Wildman–Crippen LogP) is 1.86. The number of rotatable bonds is 7. The second-order valence-electron chi connectivity index (χ2n) is 5.16. The van der Waals surface area contributed by atoms with Crippen LogP contribution < -0.4 is 5.73 Å². The third kappa shape index (κ3) is 5.83. The van der Waals surface area contributed by atoms with Gasteiger partial charge in [-0.25, -0.2) is 0 Å². The number of hydrogen-bond donors (Lipinski definition) is 1. The maximum Gasteiger partial charge on any atom is 0.0506 e. The van der Waals surface area contributed by atoms with E-state index in [1.807, 2.05) is 0 Å². The summed E-state index contributed by atoms with van der Waals surface area (Å²) in [5.41, 5.74) is 5.90. The smallest absolute Gasteiger partial charge is 0.0506 e. The minimum atomic E-state index is 0.395. The van der Waals surface area contributed by atoms with E-state index in [-0.39, 0.29) is 0 Å². The topological polar surface area (TPSA) is 38.5 Å². The largest absolute Gasteiger partial charge is 0.381 e. The minimum Gasteiger partial charge on any atom is -0.381 e. The third-order valence-electron chi connectivity index (χ3n) is 3.46. The number of nitrogens with two attached hydrogens (primary N) is 1. The lowest BCUT2D eigenvalue weighted by molar-refractivity contribution is 0.0418. The van der Waals surface area contributed by atoms with Crippen LogP contribution in [0.25, 0.3) is 0 Å². The lowest BCUT2D eigenvalue weighted by Gasteiger charge is -2.27. The molecule has 0 aromatic heterocycles. The molecule has 1 aliphatic rings. The first kappa shape index (κ1) is 13.9. The van der Waals surface area contributed by atoms with Crippen LogP contribution in [0.4, 0.5) is 0 Å². The molecule has 0 aromatic rings. The number of ether oxygens (including phenoxy) is 1. The van der Waals surface area contributed by atoms with Gasteiger partial charge in [-0.1, -0.05) is 6.92 Å². The monoisotopic (exact) mass is 228 g/mol. The highest BCUT2D eigenvalue weighted by molar-refractivity contribution is 4.68. The van der Waals surface area contributed by atoms with E-state index < -0.39 is 0 Å². The van der Waals surface area contributed by atoms with E-state index in [1.165, 1.54) is 32.4 Å². The lowest BCUT2D eigenvalue weighted by atomic mass is 10.0. The molecule has 3 nitrogen and oxygen atoms in total. The van der Waals surface area contributed by atoms with Gasteiger partial charge in [0.25, 0.3) is 0 Å². The molecule has 0 aromatic carbocycles. The maximum atomic E-state index is 5.90. The molecule has 0 bridgehead atoms. The van der Waals surface area contributed by atoms with Gasteiger partial charge in [-0.2, -0.15) is 0 Å². The van der Waals surface area contributed by atoms with Gasteiger partial charge < -0.3 is 15.4 Å². The van der Waals surface area contributed by atoms with Crippen LogP contribution in [-0.2, 0) is 4.74 Å². The van der Waals surface area contributed by atoms with Crippen LogP contribution in [0.3, 0.4) is 0 Å². The summed E-state index contributed by atoms with van der Waals surface area (Å²) < 4.78 is 5.50. The van der Waals surface area contributed by atoms with Crippen molar-refractivity contribution in [2.45, 2.75) is 45.1 Å². The Kier molecular flexibility index (Phi) is 7.01. The molecule has 3 heteroatoms. The van der Waals surface area contributed by atoms with Crippen LogP contribution in [0, 0.1) is 5.92 Å². The standard InChI is InChI=1S/C13H28N2O/c1-3-13(14)7-4-8-15(2)10-12-6-5-9-16-11-12/h12-13H,3-11,14H2,1-2H3. The van der Waals surface area contributed by atoms with Crippen LogP contribution >= 0.6 is 0 Å². The molecular weight excluding hydrogens is 200 g/mol. The molecule has 1 heterocycles. The molecule has 1 aliphatic heterocycles. The van der Waals surface area contributed by atoms with Gasteiger partial charge in [0.05, 0.1) is 6.61 Å². The van der Waals surface area contributed by atoms with Crippen molar-refractivity contribution in [3.05, 3.63) is 0 Å². The fourth-order valence-corrected chi connectivity index (χ4v) is 2.31. The number of hydrogen-bond acceptors (Lipinski definition) is 3. The first-order chi connectivity index (χ1) is 7.72. The molecule has 0 saturated carbocycles. The predicted molar refractivity (Wildman–Crippen MR) is 68.5 cm³/mol. The van der Waals surface area contributed by atoms with Crippen molar-refractivity contribution in [3.63, 3.8) is 0 Å². The first-order valence-electron chi connectivity index (χ1n) is 6.74. The van der Waals surface area contributed by atoms with Crippen molar-refractivity contribution >= 4 is 0 Å². The zero-order chi connectivity index (χ0) is 11.8. The Labute approximate surface area is 100 Å². The second-order valence-corrected chi connectivity index (χ2v) is 5.16. The normalized spacial score (nSPS) is 23.6. The van der Waals surface area contributed by atoms with Crippen LogP contribution in [0.15, 0.2) is 0 Å². The lowest BCUT2D eigenvalue weighted by Crippen LogP contribution is -2.32. The summed E-state index contributed by atoms with van der Waals surface area (Å²) in [6.45, 7) is 6.43. The van der Waals surface area contributed by atoms with E-state index in [9.17, 15) is 0 Å². The van der Waals surface area contributed by atoms with Crippen molar-refractivity contribution in [2.24, 2.45) is 11.7 Å². The molecule has 2 atom stereocenters. The molecule has 16 heavy (non-hydrogen) atoms. The molecule has 0 radical (unpaired) electrons. The Balaban J connectivity index is 2.03. The Morgan fingerprint density at radius 3 is 2.94 bits per heavy atom.